The summed E-state index contributed by atoms with van der Waals surface area (Å²) in [5.41, 5.74) is 0.471. The van der Waals surface area contributed by atoms with E-state index in [9.17, 15) is 0 Å². The van der Waals surface area contributed by atoms with Crippen molar-refractivity contribution in [1.82, 2.24) is 15.2 Å². The Morgan fingerprint density at radius 3 is 2.67 bits per heavy atom. The van der Waals surface area contributed by atoms with Gasteiger partial charge in [0.25, 0.3) is 0 Å². The third-order valence-electron chi connectivity index (χ3n) is 1.76. The molecule has 5 heteroatoms. The highest BCUT2D eigenvalue weighted by Crippen LogP contribution is 2.13. The Labute approximate surface area is 89.2 Å². The molecule has 0 aromatic carbocycles. The topological polar surface area (TPSA) is 74.9 Å². The minimum atomic E-state index is 0.209. The molecule has 0 fully saturated rings. The van der Waals surface area contributed by atoms with E-state index in [-0.39, 0.29) is 5.92 Å². The first-order chi connectivity index (χ1) is 7.19. The minimum Gasteiger partial charge on any atom is -0.306 e. The summed E-state index contributed by atoms with van der Waals surface area (Å²) in [6, 6.07) is 0. The van der Waals surface area contributed by atoms with Crippen molar-refractivity contribution in [2.24, 2.45) is 4.99 Å². The Balaban J connectivity index is 3.09. The molecule has 0 aliphatic rings. The Morgan fingerprint density at radius 1 is 1.40 bits per heavy atom. The van der Waals surface area contributed by atoms with Gasteiger partial charge in [0.05, 0.1) is 0 Å². The number of nitrogens with one attached hydrogen (secondary N) is 1. The smallest absolute Gasteiger partial charge is 0.201 e. The Kier molecular flexibility index (Phi) is 4.03. The van der Waals surface area contributed by atoms with E-state index >= 15 is 0 Å². The van der Waals surface area contributed by atoms with Gasteiger partial charge in [-0.1, -0.05) is 20.8 Å². The van der Waals surface area contributed by atoms with Crippen molar-refractivity contribution in [1.29, 1.82) is 5.41 Å². The lowest BCUT2D eigenvalue weighted by Gasteiger charge is -2.03. The molecule has 0 aliphatic heterocycles. The fourth-order valence-corrected chi connectivity index (χ4v) is 0.957. The van der Waals surface area contributed by atoms with E-state index in [1.807, 2.05) is 20.8 Å². The number of aromatic nitrogens is 3. The molecule has 0 spiro atoms. The lowest BCUT2D eigenvalue weighted by atomic mass is 10.2. The van der Waals surface area contributed by atoms with Gasteiger partial charge >= 0.3 is 0 Å². The number of rotatable bonds is 4. The van der Waals surface area contributed by atoms with Gasteiger partial charge in [-0.05, 0) is 6.42 Å². The van der Waals surface area contributed by atoms with Crippen LogP contribution in [0.3, 0.4) is 0 Å². The molecule has 0 atom stereocenters. The summed E-state index contributed by atoms with van der Waals surface area (Å²) in [6.45, 7) is 5.95. The maximum Gasteiger partial charge on any atom is 0.201 e. The van der Waals surface area contributed by atoms with Gasteiger partial charge in [0, 0.05) is 18.3 Å². The maximum atomic E-state index is 7.23. The van der Waals surface area contributed by atoms with Crippen LogP contribution in [0.1, 0.15) is 44.6 Å². The largest absolute Gasteiger partial charge is 0.306 e. The van der Waals surface area contributed by atoms with Crippen molar-refractivity contribution in [3.05, 3.63) is 11.5 Å². The van der Waals surface area contributed by atoms with E-state index in [1.54, 1.807) is 6.21 Å². The Bertz CT molecular complexity index is 370. The minimum absolute atomic E-state index is 0.209. The molecule has 1 heterocycles. The molecule has 0 amide bonds. The zero-order valence-corrected chi connectivity index (χ0v) is 9.23. The van der Waals surface area contributed by atoms with Crippen LogP contribution in [0, 0.1) is 5.41 Å². The van der Waals surface area contributed by atoms with Gasteiger partial charge in [0.2, 0.25) is 5.82 Å². The van der Waals surface area contributed by atoms with Gasteiger partial charge < -0.3 is 5.41 Å². The summed E-state index contributed by atoms with van der Waals surface area (Å²) in [7, 11) is 0. The third kappa shape index (κ3) is 2.90. The lowest BCUT2D eigenvalue weighted by Crippen LogP contribution is -2.03. The molecule has 0 saturated carbocycles. The predicted molar refractivity (Wildman–Crippen MR) is 60.2 cm³/mol. The first kappa shape index (κ1) is 11.4. The summed E-state index contributed by atoms with van der Waals surface area (Å²) in [6.07, 6.45) is 3.71. The predicted octanol–water partition coefficient (Wildman–Crippen LogP) is 2.10. The fraction of sp³-hybridized carbons (Fsp3) is 0.500. The van der Waals surface area contributed by atoms with E-state index in [4.69, 9.17) is 5.41 Å². The molecule has 5 nitrogen and oxygen atoms in total. The standard InChI is InChI=1S/C10H15N5/c1-4-5-12-10-8(6-11)13-9(7(2)3)14-15-10/h5-7,11H,4H2,1-3H3/b11-6?,12-5-. The second-order valence-electron chi connectivity index (χ2n) is 3.40. The molecule has 0 unspecified atom stereocenters. The van der Waals surface area contributed by atoms with Crippen LogP contribution >= 0.6 is 0 Å². The van der Waals surface area contributed by atoms with Gasteiger partial charge in [-0.3, -0.25) is 0 Å². The summed E-state index contributed by atoms with van der Waals surface area (Å²) >= 11 is 0. The quantitative estimate of drug-likeness (QED) is 0.765. The highest BCUT2D eigenvalue weighted by molar-refractivity contribution is 5.81. The summed E-state index contributed by atoms with van der Waals surface area (Å²) < 4.78 is 0. The zero-order chi connectivity index (χ0) is 11.3. The lowest BCUT2D eigenvalue weighted by molar-refractivity contribution is 0.734. The van der Waals surface area contributed by atoms with E-state index in [0.717, 1.165) is 12.6 Å². The maximum absolute atomic E-state index is 7.23. The second-order valence-corrected chi connectivity index (χ2v) is 3.40. The Hall–Kier alpha value is -1.65. The number of hydrogen-bond acceptors (Lipinski definition) is 5. The van der Waals surface area contributed by atoms with E-state index < -0.39 is 0 Å². The van der Waals surface area contributed by atoms with Gasteiger partial charge in [0.1, 0.15) is 5.69 Å². The molecule has 1 aromatic rings. The van der Waals surface area contributed by atoms with Crippen LogP contribution in [-0.4, -0.2) is 27.6 Å². The van der Waals surface area contributed by atoms with Crippen molar-refractivity contribution >= 4 is 18.2 Å². The van der Waals surface area contributed by atoms with E-state index in [0.29, 0.717) is 17.3 Å². The number of aliphatic imine (C=N–C) groups is 1. The SMILES string of the molecule is CC/C=N\c1nnc(C(C)C)nc1C=N. The van der Waals surface area contributed by atoms with E-state index in [1.165, 1.54) is 0 Å². The van der Waals surface area contributed by atoms with Crippen LogP contribution < -0.4 is 0 Å². The molecular weight excluding hydrogens is 190 g/mol. The van der Waals surface area contributed by atoms with Crippen LogP contribution in [0.15, 0.2) is 4.99 Å². The summed E-state index contributed by atoms with van der Waals surface area (Å²) in [4.78, 5) is 8.30. The molecule has 80 valence electrons. The van der Waals surface area contributed by atoms with Crippen LogP contribution in [-0.2, 0) is 0 Å². The van der Waals surface area contributed by atoms with Crippen molar-refractivity contribution in [2.45, 2.75) is 33.1 Å². The van der Waals surface area contributed by atoms with Crippen molar-refractivity contribution < 1.29 is 0 Å². The van der Waals surface area contributed by atoms with Gasteiger partial charge in [-0.15, -0.1) is 10.2 Å². The van der Waals surface area contributed by atoms with Crippen molar-refractivity contribution in [2.75, 3.05) is 0 Å². The summed E-state index contributed by atoms with van der Waals surface area (Å²) in [5.74, 6) is 1.26. The number of nitrogens with zero attached hydrogens (tertiary/aromatic N) is 4. The molecule has 0 radical (unpaired) electrons. The van der Waals surface area contributed by atoms with Crippen molar-refractivity contribution in [3.63, 3.8) is 0 Å². The van der Waals surface area contributed by atoms with Gasteiger partial charge in [-0.2, -0.15) is 0 Å². The average Bonchev–Trinajstić information content (AvgIpc) is 2.25. The van der Waals surface area contributed by atoms with Crippen molar-refractivity contribution in [3.8, 4) is 0 Å². The highest BCUT2D eigenvalue weighted by Gasteiger charge is 2.08. The average molecular weight is 205 g/mol. The highest BCUT2D eigenvalue weighted by atomic mass is 15.2. The van der Waals surface area contributed by atoms with Crippen LogP contribution in [0.2, 0.25) is 0 Å². The second kappa shape index (κ2) is 5.29. The normalized spacial score (nSPS) is 11.2. The van der Waals surface area contributed by atoms with Gasteiger partial charge in [-0.25, -0.2) is 9.98 Å². The fourth-order valence-electron chi connectivity index (χ4n) is 0.957. The number of hydrogen-bond donors (Lipinski definition) is 1. The van der Waals surface area contributed by atoms with Crippen LogP contribution in [0.4, 0.5) is 5.82 Å². The Morgan fingerprint density at radius 2 is 2.13 bits per heavy atom. The van der Waals surface area contributed by atoms with Gasteiger partial charge in [0.15, 0.2) is 5.82 Å². The first-order valence-corrected chi connectivity index (χ1v) is 4.96. The molecule has 0 saturated heterocycles. The first-order valence-electron chi connectivity index (χ1n) is 4.96. The third-order valence-corrected chi connectivity index (χ3v) is 1.76. The van der Waals surface area contributed by atoms with Crippen LogP contribution in [0.5, 0.6) is 0 Å². The van der Waals surface area contributed by atoms with E-state index in [2.05, 4.69) is 20.2 Å². The molecular formula is C10H15N5. The monoisotopic (exact) mass is 205 g/mol. The molecule has 0 aliphatic carbocycles. The molecule has 0 bridgehead atoms. The zero-order valence-electron chi connectivity index (χ0n) is 9.23. The molecule has 1 aromatic heterocycles. The summed E-state index contributed by atoms with van der Waals surface area (Å²) in [5, 5.41) is 15.1. The molecule has 1 N–H and O–H groups in total. The van der Waals surface area contributed by atoms with Crippen LogP contribution in [0.25, 0.3) is 0 Å². The molecule has 15 heavy (non-hydrogen) atoms. The molecule has 1 rings (SSSR count).